The van der Waals surface area contributed by atoms with Gasteiger partial charge in [0.15, 0.2) is 17.5 Å². The van der Waals surface area contributed by atoms with Gasteiger partial charge in [0.2, 0.25) is 17.8 Å². The topological polar surface area (TPSA) is 87.5 Å². The lowest BCUT2D eigenvalue weighted by Crippen LogP contribution is -2.46. The minimum Gasteiger partial charge on any atom is -0.339 e. The summed E-state index contributed by atoms with van der Waals surface area (Å²) < 4.78 is 42.3. The van der Waals surface area contributed by atoms with Gasteiger partial charge >= 0.3 is 0 Å². The third-order valence-corrected chi connectivity index (χ3v) is 6.75. The molecule has 12 heteroatoms. The van der Waals surface area contributed by atoms with Gasteiger partial charge in [-0.1, -0.05) is 0 Å². The highest BCUT2D eigenvalue weighted by Gasteiger charge is 2.38. The van der Waals surface area contributed by atoms with Gasteiger partial charge in [0.05, 0.1) is 43.1 Å². The highest BCUT2D eigenvalue weighted by Crippen LogP contribution is 2.32. The summed E-state index contributed by atoms with van der Waals surface area (Å²) in [5.41, 5.74) is 1.37. The standard InChI is InChI=1S/C24H24F3N7O2/c1-14-11-34-20(13-32(14)21(35)8-15-6-17(25)23(27)18(26)7-15)19(10-30-34)33-12-16(9-22(33)36)31(2)24-28-4-3-5-29-24/h3-7,10,14,16H,8-9,11-13H2,1-2H3/t14-,16?/m0/s1. The summed E-state index contributed by atoms with van der Waals surface area (Å²) in [5, 5.41) is 4.43. The second-order valence-corrected chi connectivity index (χ2v) is 9.10. The number of aromatic nitrogens is 4. The molecule has 1 fully saturated rings. The number of nitrogens with zero attached hydrogens (tertiary/aromatic N) is 7. The van der Waals surface area contributed by atoms with E-state index >= 15 is 0 Å². The molecule has 3 aromatic rings. The van der Waals surface area contributed by atoms with Crippen LogP contribution in [0.25, 0.3) is 0 Å². The van der Waals surface area contributed by atoms with Crippen LogP contribution in [0.1, 0.15) is 24.6 Å². The van der Waals surface area contributed by atoms with Crippen LogP contribution in [0.5, 0.6) is 0 Å². The van der Waals surface area contributed by atoms with Crippen molar-refractivity contribution in [3.63, 3.8) is 0 Å². The van der Waals surface area contributed by atoms with E-state index in [4.69, 9.17) is 0 Å². The zero-order valence-corrected chi connectivity index (χ0v) is 19.7. The monoisotopic (exact) mass is 499 g/mol. The molecule has 2 aliphatic heterocycles. The Balaban J connectivity index is 1.34. The predicted octanol–water partition coefficient (Wildman–Crippen LogP) is 2.31. The van der Waals surface area contributed by atoms with Crippen LogP contribution in [0.3, 0.4) is 0 Å². The molecule has 1 aromatic carbocycles. The summed E-state index contributed by atoms with van der Waals surface area (Å²) in [6, 6.07) is 3.00. The number of anilines is 2. The summed E-state index contributed by atoms with van der Waals surface area (Å²) in [7, 11) is 1.84. The summed E-state index contributed by atoms with van der Waals surface area (Å²) in [6.07, 6.45) is 4.90. The van der Waals surface area contributed by atoms with E-state index in [0.717, 1.165) is 12.1 Å². The normalized spacial score (nSPS) is 19.5. The van der Waals surface area contributed by atoms with Crippen molar-refractivity contribution in [2.45, 2.75) is 44.9 Å². The summed E-state index contributed by atoms with van der Waals surface area (Å²) in [5.74, 6) is -4.15. The van der Waals surface area contributed by atoms with E-state index in [1.165, 1.54) is 0 Å². The van der Waals surface area contributed by atoms with Crippen molar-refractivity contribution < 1.29 is 22.8 Å². The minimum absolute atomic E-state index is 0.0478. The summed E-state index contributed by atoms with van der Waals surface area (Å²) in [6.45, 7) is 2.83. The molecular weight excluding hydrogens is 475 g/mol. The first-order valence-corrected chi connectivity index (χ1v) is 11.5. The van der Waals surface area contributed by atoms with Crippen LogP contribution in [-0.2, 0) is 29.1 Å². The van der Waals surface area contributed by atoms with Gasteiger partial charge in [0, 0.05) is 38.4 Å². The molecule has 1 unspecified atom stereocenters. The fourth-order valence-electron chi connectivity index (χ4n) is 4.75. The number of benzene rings is 1. The van der Waals surface area contributed by atoms with Crippen LogP contribution in [-0.4, -0.2) is 62.1 Å². The Hall–Kier alpha value is -3.96. The molecule has 0 bridgehead atoms. The molecule has 0 aliphatic carbocycles. The molecular formula is C24H24F3N7O2. The molecule has 9 nitrogen and oxygen atoms in total. The predicted molar refractivity (Wildman–Crippen MR) is 123 cm³/mol. The highest BCUT2D eigenvalue weighted by atomic mass is 19.2. The first kappa shape index (κ1) is 23.8. The number of likely N-dealkylation sites (N-methyl/N-ethyl adjacent to an activating group) is 1. The van der Waals surface area contributed by atoms with Crippen molar-refractivity contribution in [3.8, 4) is 0 Å². The van der Waals surface area contributed by atoms with Crippen molar-refractivity contribution in [1.29, 1.82) is 0 Å². The maximum atomic E-state index is 13.6. The quantitative estimate of drug-likeness (QED) is 0.501. The fraction of sp³-hybridized carbons (Fsp3) is 0.375. The number of amides is 2. The zero-order valence-electron chi connectivity index (χ0n) is 19.7. The number of carbonyl (C=O) groups excluding carboxylic acids is 2. The Morgan fingerprint density at radius 3 is 2.53 bits per heavy atom. The van der Waals surface area contributed by atoms with E-state index in [9.17, 15) is 22.8 Å². The molecule has 2 atom stereocenters. The van der Waals surface area contributed by atoms with E-state index < -0.39 is 17.5 Å². The first-order chi connectivity index (χ1) is 17.2. The molecule has 0 radical (unpaired) electrons. The molecule has 5 rings (SSSR count). The number of rotatable bonds is 5. The van der Waals surface area contributed by atoms with Crippen LogP contribution in [0.4, 0.5) is 24.8 Å². The van der Waals surface area contributed by atoms with Crippen LogP contribution < -0.4 is 9.80 Å². The molecule has 36 heavy (non-hydrogen) atoms. The Morgan fingerprint density at radius 1 is 1.14 bits per heavy atom. The smallest absolute Gasteiger partial charge is 0.229 e. The van der Waals surface area contributed by atoms with Crippen LogP contribution >= 0.6 is 0 Å². The van der Waals surface area contributed by atoms with Gasteiger partial charge in [-0.05, 0) is 30.7 Å². The SMILES string of the molecule is C[C@H]1Cn2ncc(N3CC(N(C)c4ncccn4)CC3=O)c2CN1C(=O)Cc1cc(F)c(F)c(F)c1. The first-order valence-electron chi connectivity index (χ1n) is 11.5. The average molecular weight is 499 g/mol. The van der Waals surface area contributed by atoms with E-state index in [2.05, 4.69) is 15.1 Å². The number of hydrogen-bond donors (Lipinski definition) is 0. The van der Waals surface area contributed by atoms with Gasteiger partial charge in [0.1, 0.15) is 0 Å². The average Bonchev–Trinajstić information content (AvgIpc) is 3.44. The number of carbonyl (C=O) groups is 2. The van der Waals surface area contributed by atoms with Gasteiger partial charge in [-0.3, -0.25) is 14.3 Å². The molecule has 2 aromatic heterocycles. The zero-order chi connectivity index (χ0) is 25.6. The second-order valence-electron chi connectivity index (χ2n) is 9.10. The van der Waals surface area contributed by atoms with Crippen LogP contribution in [0.15, 0.2) is 36.8 Å². The molecule has 2 amide bonds. The molecule has 188 valence electrons. The van der Waals surface area contributed by atoms with Gasteiger partial charge in [-0.2, -0.15) is 5.10 Å². The summed E-state index contributed by atoms with van der Waals surface area (Å²) >= 11 is 0. The lowest BCUT2D eigenvalue weighted by Gasteiger charge is -2.35. The largest absolute Gasteiger partial charge is 0.339 e. The van der Waals surface area contributed by atoms with Crippen LogP contribution in [0.2, 0.25) is 0 Å². The highest BCUT2D eigenvalue weighted by molar-refractivity contribution is 5.97. The molecule has 0 N–H and O–H groups in total. The Morgan fingerprint density at radius 2 is 1.83 bits per heavy atom. The molecule has 0 saturated carbocycles. The van der Waals surface area contributed by atoms with Crippen molar-refractivity contribution in [2.24, 2.45) is 0 Å². The fourth-order valence-corrected chi connectivity index (χ4v) is 4.75. The Kier molecular flexibility index (Phi) is 6.10. The van der Waals surface area contributed by atoms with E-state index in [0.29, 0.717) is 30.4 Å². The maximum Gasteiger partial charge on any atom is 0.229 e. The van der Waals surface area contributed by atoms with Gasteiger partial charge in [0.25, 0.3) is 0 Å². The third-order valence-electron chi connectivity index (χ3n) is 6.75. The Labute approximate surface area is 205 Å². The minimum atomic E-state index is -1.57. The number of fused-ring (bicyclic) bond motifs is 1. The van der Waals surface area contributed by atoms with Crippen molar-refractivity contribution in [2.75, 3.05) is 23.4 Å². The third kappa shape index (κ3) is 4.27. The lowest BCUT2D eigenvalue weighted by molar-refractivity contribution is -0.134. The molecule has 0 spiro atoms. The lowest BCUT2D eigenvalue weighted by atomic mass is 10.1. The van der Waals surface area contributed by atoms with Gasteiger partial charge in [-0.25, -0.2) is 23.1 Å². The molecule has 1 saturated heterocycles. The summed E-state index contributed by atoms with van der Waals surface area (Å²) in [4.78, 5) is 39.6. The van der Waals surface area contributed by atoms with E-state index in [-0.39, 0.29) is 48.8 Å². The number of hydrogen-bond acceptors (Lipinski definition) is 6. The van der Waals surface area contributed by atoms with Crippen molar-refractivity contribution in [1.82, 2.24) is 24.6 Å². The maximum absolute atomic E-state index is 13.6. The van der Waals surface area contributed by atoms with E-state index in [1.54, 1.807) is 39.1 Å². The second kappa shape index (κ2) is 9.25. The van der Waals surface area contributed by atoms with Crippen molar-refractivity contribution >= 4 is 23.5 Å². The Bertz CT molecular complexity index is 1290. The molecule has 2 aliphatic rings. The molecule has 4 heterocycles. The van der Waals surface area contributed by atoms with Crippen molar-refractivity contribution in [3.05, 3.63) is 65.5 Å². The van der Waals surface area contributed by atoms with E-state index in [1.807, 2.05) is 18.9 Å². The van der Waals surface area contributed by atoms with Gasteiger partial charge in [-0.15, -0.1) is 0 Å². The van der Waals surface area contributed by atoms with Gasteiger partial charge < -0.3 is 14.7 Å². The number of halogens is 3. The van der Waals surface area contributed by atoms with Crippen LogP contribution in [0, 0.1) is 17.5 Å².